The number of rotatable bonds is 5. The molecule has 0 aliphatic rings. The van der Waals surface area contributed by atoms with E-state index in [1.807, 2.05) is 49.4 Å². The topological polar surface area (TPSA) is 38.3 Å². The van der Waals surface area contributed by atoms with Crippen LogP contribution in [0.1, 0.15) is 21.5 Å². The molecule has 0 unspecified atom stereocenters. The third-order valence-electron chi connectivity index (χ3n) is 3.35. The number of para-hydroxylation sites is 1. The first-order valence-corrected chi connectivity index (χ1v) is 7.56. The third kappa shape index (κ3) is 3.93. The Morgan fingerprint density at radius 3 is 2.71 bits per heavy atom. The lowest BCUT2D eigenvalue weighted by atomic mass is 10.1. The number of hydrogen-bond donors (Lipinski definition) is 1. The molecule has 110 valence electrons. The van der Waals surface area contributed by atoms with E-state index in [2.05, 4.69) is 21.2 Å². The van der Waals surface area contributed by atoms with Crippen molar-refractivity contribution in [1.82, 2.24) is 0 Å². The molecule has 0 saturated carbocycles. The van der Waals surface area contributed by atoms with Gasteiger partial charge in [-0.25, -0.2) is 0 Å². The molecular weight excluding hydrogens is 330 g/mol. The van der Waals surface area contributed by atoms with E-state index < -0.39 is 0 Å². The second-order valence-corrected chi connectivity index (χ2v) is 5.62. The molecule has 1 amide bonds. The Labute approximate surface area is 133 Å². The van der Waals surface area contributed by atoms with Gasteiger partial charge in [0.05, 0.1) is 6.61 Å². The predicted molar refractivity (Wildman–Crippen MR) is 88.9 cm³/mol. The summed E-state index contributed by atoms with van der Waals surface area (Å²) < 4.78 is 6.04. The van der Waals surface area contributed by atoms with Crippen molar-refractivity contribution in [2.24, 2.45) is 0 Å². The van der Waals surface area contributed by atoms with Crippen LogP contribution in [0.15, 0.2) is 46.9 Å². The van der Waals surface area contributed by atoms with Gasteiger partial charge in [0.15, 0.2) is 0 Å². The third-order valence-corrected chi connectivity index (χ3v) is 4.21. The SMILES string of the molecule is COCCc1ccccc1NC(=O)c1cccc(Br)c1C. The van der Waals surface area contributed by atoms with Crippen LogP contribution >= 0.6 is 15.9 Å². The summed E-state index contributed by atoms with van der Waals surface area (Å²) in [6, 6.07) is 13.4. The predicted octanol–water partition coefficient (Wildman–Crippen LogP) is 4.20. The molecule has 2 rings (SSSR count). The molecule has 0 aliphatic heterocycles. The second-order valence-electron chi connectivity index (χ2n) is 4.77. The van der Waals surface area contributed by atoms with E-state index >= 15 is 0 Å². The average Bonchev–Trinajstić information content (AvgIpc) is 2.49. The van der Waals surface area contributed by atoms with Gasteiger partial charge in [0, 0.05) is 22.8 Å². The number of halogens is 1. The van der Waals surface area contributed by atoms with Crippen LogP contribution in [0.25, 0.3) is 0 Å². The van der Waals surface area contributed by atoms with E-state index in [4.69, 9.17) is 4.74 Å². The minimum Gasteiger partial charge on any atom is -0.384 e. The van der Waals surface area contributed by atoms with Crippen LogP contribution in [-0.2, 0) is 11.2 Å². The summed E-state index contributed by atoms with van der Waals surface area (Å²) in [6.45, 7) is 2.55. The number of benzene rings is 2. The van der Waals surface area contributed by atoms with Gasteiger partial charge in [-0.15, -0.1) is 0 Å². The standard InChI is InChI=1S/C17H18BrNO2/c1-12-14(7-5-8-15(12)18)17(20)19-16-9-4-3-6-13(16)10-11-21-2/h3-9H,10-11H2,1-2H3,(H,19,20). The number of methoxy groups -OCH3 is 1. The monoisotopic (exact) mass is 347 g/mol. The van der Waals surface area contributed by atoms with Crippen molar-refractivity contribution in [3.05, 3.63) is 63.6 Å². The van der Waals surface area contributed by atoms with Crippen molar-refractivity contribution < 1.29 is 9.53 Å². The fraction of sp³-hybridized carbons (Fsp3) is 0.235. The zero-order valence-corrected chi connectivity index (χ0v) is 13.7. The van der Waals surface area contributed by atoms with Crippen molar-refractivity contribution in [3.63, 3.8) is 0 Å². The Bertz CT molecular complexity index is 640. The van der Waals surface area contributed by atoms with E-state index in [0.29, 0.717) is 12.2 Å². The van der Waals surface area contributed by atoms with Crippen molar-refractivity contribution in [1.29, 1.82) is 0 Å². The maximum atomic E-state index is 12.4. The lowest BCUT2D eigenvalue weighted by molar-refractivity contribution is 0.102. The maximum absolute atomic E-state index is 12.4. The molecular formula is C17H18BrNO2. The smallest absolute Gasteiger partial charge is 0.255 e. The lowest BCUT2D eigenvalue weighted by Crippen LogP contribution is -2.15. The van der Waals surface area contributed by atoms with Gasteiger partial charge in [0.25, 0.3) is 5.91 Å². The number of anilines is 1. The highest BCUT2D eigenvalue weighted by Crippen LogP contribution is 2.22. The van der Waals surface area contributed by atoms with Gasteiger partial charge in [-0.1, -0.05) is 40.2 Å². The van der Waals surface area contributed by atoms with E-state index in [9.17, 15) is 4.79 Å². The van der Waals surface area contributed by atoms with E-state index in [0.717, 1.165) is 27.7 Å². The van der Waals surface area contributed by atoms with E-state index in [1.165, 1.54) is 0 Å². The molecule has 0 atom stereocenters. The molecule has 3 nitrogen and oxygen atoms in total. The van der Waals surface area contributed by atoms with Crippen LogP contribution in [0.3, 0.4) is 0 Å². The Balaban J connectivity index is 2.22. The molecule has 2 aromatic rings. The number of hydrogen-bond acceptors (Lipinski definition) is 2. The van der Waals surface area contributed by atoms with Crippen LogP contribution in [0.2, 0.25) is 0 Å². The highest BCUT2D eigenvalue weighted by molar-refractivity contribution is 9.10. The fourth-order valence-electron chi connectivity index (χ4n) is 2.12. The van der Waals surface area contributed by atoms with Gasteiger partial charge in [-0.2, -0.15) is 0 Å². The Morgan fingerprint density at radius 2 is 1.95 bits per heavy atom. The zero-order valence-electron chi connectivity index (χ0n) is 12.2. The summed E-state index contributed by atoms with van der Waals surface area (Å²) in [7, 11) is 1.67. The Hall–Kier alpha value is -1.65. The van der Waals surface area contributed by atoms with Crippen molar-refractivity contribution in [2.75, 3.05) is 19.0 Å². The maximum Gasteiger partial charge on any atom is 0.255 e. The Morgan fingerprint density at radius 1 is 1.19 bits per heavy atom. The molecule has 1 N–H and O–H groups in total. The minimum absolute atomic E-state index is 0.0985. The normalized spacial score (nSPS) is 10.4. The molecule has 0 heterocycles. The summed E-state index contributed by atoms with van der Waals surface area (Å²) in [5, 5.41) is 2.99. The summed E-state index contributed by atoms with van der Waals surface area (Å²) in [5.41, 5.74) is 3.51. The number of amides is 1. The van der Waals surface area contributed by atoms with E-state index in [-0.39, 0.29) is 5.91 Å². The second kappa shape index (κ2) is 7.38. The molecule has 0 spiro atoms. The molecule has 2 aromatic carbocycles. The van der Waals surface area contributed by atoms with Gasteiger partial charge >= 0.3 is 0 Å². The quantitative estimate of drug-likeness (QED) is 0.880. The first-order chi connectivity index (χ1) is 10.1. The molecule has 0 fully saturated rings. The largest absolute Gasteiger partial charge is 0.384 e. The summed E-state index contributed by atoms with van der Waals surface area (Å²) in [4.78, 5) is 12.4. The van der Waals surface area contributed by atoms with Crippen LogP contribution in [-0.4, -0.2) is 19.6 Å². The molecule has 21 heavy (non-hydrogen) atoms. The van der Waals surface area contributed by atoms with Crippen LogP contribution in [0.5, 0.6) is 0 Å². The molecule has 0 aliphatic carbocycles. The van der Waals surface area contributed by atoms with Crippen LogP contribution < -0.4 is 5.32 Å². The van der Waals surface area contributed by atoms with Crippen molar-refractivity contribution in [3.8, 4) is 0 Å². The van der Waals surface area contributed by atoms with Gasteiger partial charge < -0.3 is 10.1 Å². The van der Waals surface area contributed by atoms with Gasteiger partial charge in [-0.05, 0) is 42.7 Å². The zero-order chi connectivity index (χ0) is 15.2. The van der Waals surface area contributed by atoms with Crippen molar-refractivity contribution in [2.45, 2.75) is 13.3 Å². The highest BCUT2D eigenvalue weighted by Gasteiger charge is 2.12. The number of ether oxygens (including phenoxy) is 1. The first-order valence-electron chi connectivity index (χ1n) is 6.76. The molecule has 0 aromatic heterocycles. The molecule has 0 saturated heterocycles. The minimum atomic E-state index is -0.0985. The molecule has 0 radical (unpaired) electrons. The number of carbonyl (C=O) groups is 1. The lowest BCUT2D eigenvalue weighted by Gasteiger charge is -2.12. The Kier molecular flexibility index (Phi) is 5.53. The molecule has 0 bridgehead atoms. The van der Waals surface area contributed by atoms with Gasteiger partial charge in [-0.3, -0.25) is 4.79 Å². The van der Waals surface area contributed by atoms with E-state index in [1.54, 1.807) is 7.11 Å². The number of carbonyl (C=O) groups excluding carboxylic acids is 1. The van der Waals surface area contributed by atoms with Crippen LogP contribution in [0.4, 0.5) is 5.69 Å². The number of nitrogens with one attached hydrogen (secondary N) is 1. The first kappa shape index (κ1) is 15.7. The summed E-state index contributed by atoms with van der Waals surface area (Å²) >= 11 is 3.45. The van der Waals surface area contributed by atoms with Crippen molar-refractivity contribution >= 4 is 27.5 Å². The average molecular weight is 348 g/mol. The highest BCUT2D eigenvalue weighted by atomic mass is 79.9. The van der Waals surface area contributed by atoms with Gasteiger partial charge in [0.2, 0.25) is 0 Å². The molecule has 4 heteroatoms. The van der Waals surface area contributed by atoms with Gasteiger partial charge in [0.1, 0.15) is 0 Å². The summed E-state index contributed by atoms with van der Waals surface area (Å²) in [6.07, 6.45) is 0.768. The van der Waals surface area contributed by atoms with Crippen LogP contribution in [0, 0.1) is 6.92 Å². The summed E-state index contributed by atoms with van der Waals surface area (Å²) in [5.74, 6) is -0.0985. The fourth-order valence-corrected chi connectivity index (χ4v) is 2.48.